The van der Waals surface area contributed by atoms with Crippen LogP contribution in [0.2, 0.25) is 0 Å². The molecule has 0 aliphatic heterocycles. The molecule has 112 valence electrons. The summed E-state index contributed by atoms with van der Waals surface area (Å²) in [6.45, 7) is 3.32. The van der Waals surface area contributed by atoms with Gasteiger partial charge in [0.05, 0.1) is 6.61 Å². The Labute approximate surface area is 127 Å². The molecule has 21 heavy (non-hydrogen) atoms. The summed E-state index contributed by atoms with van der Waals surface area (Å²) in [5, 5.41) is 2.28. The van der Waals surface area contributed by atoms with E-state index in [1.54, 1.807) is 37.3 Å². The first-order chi connectivity index (χ1) is 9.95. The second-order valence-corrected chi connectivity index (χ2v) is 4.34. The summed E-state index contributed by atoms with van der Waals surface area (Å²) in [4.78, 5) is 23.3. The number of carbonyl (C=O) groups excluding carboxylic acids is 2. The molecule has 1 rings (SSSR count). The number of rotatable bonds is 4. The molecule has 0 saturated heterocycles. The van der Waals surface area contributed by atoms with Gasteiger partial charge in [0.2, 0.25) is 0 Å². The zero-order valence-corrected chi connectivity index (χ0v) is 12.5. The lowest BCUT2D eigenvalue weighted by atomic mass is 10.2. The zero-order valence-electron chi connectivity index (χ0n) is 11.7. The van der Waals surface area contributed by atoms with E-state index in [0.29, 0.717) is 5.75 Å². The number of carbonyl (C=O) groups is 2. The van der Waals surface area contributed by atoms with Gasteiger partial charge in [0.15, 0.2) is 0 Å². The molecular formula is C14H16N2O4S. The Kier molecular flexibility index (Phi) is 6.35. The van der Waals surface area contributed by atoms with Crippen molar-refractivity contribution in [3.05, 3.63) is 41.6 Å². The van der Waals surface area contributed by atoms with Gasteiger partial charge in [-0.1, -0.05) is 30.4 Å². The molecular weight excluding hydrogens is 292 g/mol. The molecule has 0 spiro atoms. The van der Waals surface area contributed by atoms with E-state index < -0.39 is 12.1 Å². The van der Waals surface area contributed by atoms with Gasteiger partial charge in [-0.05, 0) is 26.0 Å². The Hall–Kier alpha value is -2.41. The quantitative estimate of drug-likeness (QED) is 0.501. The van der Waals surface area contributed by atoms with E-state index in [1.165, 1.54) is 6.92 Å². The SMILES string of the molecule is CCOC(=O)C(C(=S)NC(=O)Oc1ccccc1)=C(C)N. The lowest BCUT2D eigenvalue weighted by molar-refractivity contribution is -0.137. The van der Waals surface area contributed by atoms with Crippen LogP contribution in [0, 0.1) is 0 Å². The van der Waals surface area contributed by atoms with Crippen molar-refractivity contribution in [1.29, 1.82) is 0 Å². The third kappa shape index (κ3) is 5.23. The van der Waals surface area contributed by atoms with Gasteiger partial charge in [0.1, 0.15) is 16.3 Å². The average Bonchev–Trinajstić information content (AvgIpc) is 2.39. The number of nitrogens with one attached hydrogen (secondary N) is 1. The van der Waals surface area contributed by atoms with Gasteiger partial charge in [0, 0.05) is 5.70 Å². The minimum atomic E-state index is -0.811. The van der Waals surface area contributed by atoms with Crippen molar-refractivity contribution >= 4 is 29.3 Å². The van der Waals surface area contributed by atoms with Crippen molar-refractivity contribution in [2.24, 2.45) is 5.73 Å². The molecule has 1 amide bonds. The van der Waals surface area contributed by atoms with Crippen molar-refractivity contribution in [3.63, 3.8) is 0 Å². The van der Waals surface area contributed by atoms with E-state index in [0.717, 1.165) is 0 Å². The summed E-state index contributed by atoms with van der Waals surface area (Å²) >= 11 is 4.98. The lowest BCUT2D eigenvalue weighted by Crippen LogP contribution is -2.36. The summed E-state index contributed by atoms with van der Waals surface area (Å²) in [6, 6.07) is 8.44. The third-order valence-corrected chi connectivity index (χ3v) is 2.58. The molecule has 0 unspecified atom stereocenters. The van der Waals surface area contributed by atoms with Crippen molar-refractivity contribution in [2.75, 3.05) is 6.61 Å². The highest BCUT2D eigenvalue weighted by Gasteiger charge is 2.20. The molecule has 0 aliphatic rings. The van der Waals surface area contributed by atoms with Crippen molar-refractivity contribution in [2.45, 2.75) is 13.8 Å². The second-order valence-electron chi connectivity index (χ2n) is 3.94. The van der Waals surface area contributed by atoms with Crippen LogP contribution in [0.25, 0.3) is 0 Å². The predicted octanol–water partition coefficient (Wildman–Crippen LogP) is 1.90. The van der Waals surface area contributed by atoms with E-state index in [4.69, 9.17) is 27.4 Å². The molecule has 0 aromatic heterocycles. The van der Waals surface area contributed by atoms with Crippen LogP contribution in [0.15, 0.2) is 41.6 Å². The lowest BCUT2D eigenvalue weighted by Gasteiger charge is -2.11. The van der Waals surface area contributed by atoms with Crippen LogP contribution < -0.4 is 15.8 Å². The fourth-order valence-electron chi connectivity index (χ4n) is 1.41. The monoisotopic (exact) mass is 308 g/mol. The van der Waals surface area contributed by atoms with Gasteiger partial charge in [-0.15, -0.1) is 0 Å². The fraction of sp³-hybridized carbons (Fsp3) is 0.214. The van der Waals surface area contributed by atoms with Crippen LogP contribution in [0.1, 0.15) is 13.8 Å². The normalized spacial score (nSPS) is 11.1. The molecule has 0 fully saturated rings. The molecule has 3 N–H and O–H groups in total. The van der Waals surface area contributed by atoms with E-state index in [2.05, 4.69) is 5.32 Å². The molecule has 0 saturated carbocycles. The molecule has 7 heteroatoms. The number of hydrogen-bond acceptors (Lipinski definition) is 6. The number of hydrogen-bond donors (Lipinski definition) is 2. The fourth-order valence-corrected chi connectivity index (χ4v) is 1.74. The summed E-state index contributed by atoms with van der Waals surface area (Å²) < 4.78 is 9.83. The summed E-state index contributed by atoms with van der Waals surface area (Å²) in [5.74, 6) is -0.341. The van der Waals surface area contributed by atoms with Gasteiger partial charge in [-0.2, -0.15) is 0 Å². The van der Waals surface area contributed by atoms with Crippen molar-refractivity contribution < 1.29 is 19.1 Å². The highest BCUT2D eigenvalue weighted by Crippen LogP contribution is 2.09. The Balaban J connectivity index is 2.72. The van der Waals surface area contributed by atoms with Gasteiger partial charge in [-0.3, -0.25) is 5.32 Å². The number of amides is 1. The Morgan fingerprint density at radius 3 is 2.43 bits per heavy atom. The molecule has 0 aliphatic carbocycles. The molecule has 0 radical (unpaired) electrons. The minimum absolute atomic E-state index is 0.0585. The van der Waals surface area contributed by atoms with Crippen LogP contribution in [-0.4, -0.2) is 23.7 Å². The van der Waals surface area contributed by atoms with Gasteiger partial charge in [0.25, 0.3) is 0 Å². The second kappa shape index (κ2) is 8.01. The van der Waals surface area contributed by atoms with E-state index in [9.17, 15) is 9.59 Å². The van der Waals surface area contributed by atoms with Gasteiger partial charge >= 0.3 is 12.1 Å². The van der Waals surface area contributed by atoms with Crippen LogP contribution in [0.3, 0.4) is 0 Å². The number of allylic oxidation sites excluding steroid dienone is 1. The molecule has 6 nitrogen and oxygen atoms in total. The standard InChI is InChI=1S/C14H16N2O4S/c1-3-19-13(17)11(9(2)15)12(21)16-14(18)20-10-7-5-4-6-8-10/h4-8H,3,15H2,1-2H3,(H,16,18,21). The maximum atomic E-state index is 11.7. The summed E-state index contributed by atoms with van der Waals surface area (Å²) in [7, 11) is 0. The van der Waals surface area contributed by atoms with Crippen molar-refractivity contribution in [3.8, 4) is 5.75 Å². The molecule has 0 heterocycles. The first-order valence-corrected chi connectivity index (χ1v) is 6.58. The predicted molar refractivity (Wildman–Crippen MR) is 81.7 cm³/mol. The van der Waals surface area contributed by atoms with Crippen LogP contribution in [-0.2, 0) is 9.53 Å². The molecule has 0 bridgehead atoms. The van der Waals surface area contributed by atoms with Crippen LogP contribution >= 0.6 is 12.2 Å². The number of benzene rings is 1. The van der Waals surface area contributed by atoms with Gasteiger partial charge < -0.3 is 15.2 Å². The highest BCUT2D eigenvalue weighted by molar-refractivity contribution is 7.80. The minimum Gasteiger partial charge on any atom is -0.462 e. The van der Waals surface area contributed by atoms with E-state index in [1.807, 2.05) is 0 Å². The number of ether oxygens (including phenoxy) is 2. The topological polar surface area (TPSA) is 90.6 Å². The van der Waals surface area contributed by atoms with E-state index >= 15 is 0 Å². The molecule has 1 aromatic carbocycles. The largest absolute Gasteiger partial charge is 0.462 e. The molecule has 1 aromatic rings. The third-order valence-electron chi connectivity index (χ3n) is 2.27. The van der Waals surface area contributed by atoms with Gasteiger partial charge in [-0.25, -0.2) is 9.59 Å². The van der Waals surface area contributed by atoms with E-state index in [-0.39, 0.29) is 22.9 Å². The maximum absolute atomic E-state index is 11.7. The van der Waals surface area contributed by atoms with Crippen LogP contribution in [0.4, 0.5) is 4.79 Å². The maximum Gasteiger partial charge on any atom is 0.417 e. The number of para-hydroxylation sites is 1. The van der Waals surface area contributed by atoms with Crippen LogP contribution in [0.5, 0.6) is 5.75 Å². The zero-order chi connectivity index (χ0) is 15.8. The Morgan fingerprint density at radius 2 is 1.90 bits per heavy atom. The summed E-state index contributed by atoms with van der Waals surface area (Å²) in [5.41, 5.74) is 5.69. The molecule has 0 atom stereocenters. The Bertz CT molecular complexity index is 566. The first kappa shape index (κ1) is 16.6. The average molecular weight is 308 g/mol. The number of esters is 1. The summed E-state index contributed by atoms with van der Waals surface area (Å²) in [6.07, 6.45) is -0.811. The smallest absolute Gasteiger partial charge is 0.417 e. The number of nitrogens with two attached hydrogens (primary N) is 1. The highest BCUT2D eigenvalue weighted by atomic mass is 32.1. The van der Waals surface area contributed by atoms with Crippen molar-refractivity contribution in [1.82, 2.24) is 5.32 Å². The number of thiocarbonyl (C=S) groups is 1. The Morgan fingerprint density at radius 1 is 1.29 bits per heavy atom. The first-order valence-electron chi connectivity index (χ1n) is 6.17.